The molecule has 2 N–H and O–H groups in total. The quantitative estimate of drug-likeness (QED) is 0.578. The monoisotopic (exact) mass is 274 g/mol. The van der Waals surface area contributed by atoms with Crippen molar-refractivity contribution in [1.82, 2.24) is 14.4 Å². The molecule has 0 aliphatic heterocycles. The molecule has 4 aromatic rings. The van der Waals surface area contributed by atoms with Crippen molar-refractivity contribution in [3.63, 3.8) is 0 Å². The van der Waals surface area contributed by atoms with Gasteiger partial charge in [0.15, 0.2) is 0 Å². The van der Waals surface area contributed by atoms with E-state index in [0.29, 0.717) is 5.82 Å². The number of hydrogen-bond donors (Lipinski definition) is 1. The van der Waals surface area contributed by atoms with Gasteiger partial charge in [0.1, 0.15) is 17.2 Å². The number of nitrogen functional groups attached to an aromatic ring is 1. The highest BCUT2D eigenvalue weighted by atomic mass is 15.1. The number of para-hydroxylation sites is 1. The fourth-order valence-corrected chi connectivity index (χ4v) is 2.78. The summed E-state index contributed by atoms with van der Waals surface area (Å²) in [6.07, 6.45) is 1.79. The molecule has 4 nitrogen and oxygen atoms in total. The molecule has 1 aromatic carbocycles. The van der Waals surface area contributed by atoms with E-state index in [9.17, 15) is 0 Å². The van der Waals surface area contributed by atoms with Crippen LogP contribution in [0.5, 0.6) is 0 Å². The van der Waals surface area contributed by atoms with Gasteiger partial charge in [-0.15, -0.1) is 0 Å². The summed E-state index contributed by atoms with van der Waals surface area (Å²) in [5.41, 5.74) is 10.9. The molecule has 0 amide bonds. The van der Waals surface area contributed by atoms with Crippen molar-refractivity contribution < 1.29 is 0 Å². The van der Waals surface area contributed by atoms with Gasteiger partial charge in [0.2, 0.25) is 0 Å². The Morgan fingerprint density at radius 1 is 1.00 bits per heavy atom. The number of imidazole rings is 1. The number of benzene rings is 1. The van der Waals surface area contributed by atoms with Crippen molar-refractivity contribution in [3.05, 3.63) is 60.4 Å². The second-order valence-corrected chi connectivity index (χ2v) is 5.09. The second kappa shape index (κ2) is 4.31. The van der Waals surface area contributed by atoms with Crippen molar-refractivity contribution >= 4 is 22.4 Å². The summed E-state index contributed by atoms with van der Waals surface area (Å²) in [7, 11) is 0. The van der Waals surface area contributed by atoms with Crippen LogP contribution in [0.25, 0.3) is 27.8 Å². The largest absolute Gasteiger partial charge is 0.383 e. The third-order valence-electron chi connectivity index (χ3n) is 3.76. The molecule has 0 saturated heterocycles. The number of fused-ring (bicyclic) bond motifs is 2. The molecule has 0 spiro atoms. The lowest BCUT2D eigenvalue weighted by atomic mass is 10.1. The van der Waals surface area contributed by atoms with E-state index in [1.807, 2.05) is 59.9 Å². The topological polar surface area (TPSA) is 56.2 Å². The lowest BCUT2D eigenvalue weighted by molar-refractivity contribution is 1.10. The predicted octanol–water partition coefficient (Wildman–Crippen LogP) is 3.44. The summed E-state index contributed by atoms with van der Waals surface area (Å²) in [5.74, 6) is 0.654. The smallest absolute Gasteiger partial charge is 0.139 e. The molecule has 4 rings (SSSR count). The Bertz CT molecular complexity index is 964. The van der Waals surface area contributed by atoms with Gasteiger partial charge in [-0.05, 0) is 25.1 Å². The molecule has 0 aliphatic carbocycles. The normalized spacial score (nSPS) is 11.3. The Labute approximate surface area is 121 Å². The average molecular weight is 274 g/mol. The predicted molar refractivity (Wildman–Crippen MR) is 85.1 cm³/mol. The van der Waals surface area contributed by atoms with Crippen molar-refractivity contribution in [2.45, 2.75) is 6.92 Å². The summed E-state index contributed by atoms with van der Waals surface area (Å²) in [4.78, 5) is 9.18. The molecule has 21 heavy (non-hydrogen) atoms. The molecule has 0 unspecified atom stereocenters. The molecule has 0 fully saturated rings. The minimum atomic E-state index is 0.654. The Balaban J connectivity index is 2.10. The number of aromatic nitrogens is 3. The van der Waals surface area contributed by atoms with E-state index >= 15 is 0 Å². The molecule has 3 heterocycles. The van der Waals surface area contributed by atoms with Crippen LogP contribution in [0.3, 0.4) is 0 Å². The molecule has 0 atom stereocenters. The first-order valence-corrected chi connectivity index (χ1v) is 6.83. The molecule has 4 heteroatoms. The molecule has 0 aliphatic rings. The van der Waals surface area contributed by atoms with Crippen LogP contribution in [0.1, 0.15) is 5.69 Å². The van der Waals surface area contributed by atoms with Crippen molar-refractivity contribution in [2.24, 2.45) is 0 Å². The highest BCUT2D eigenvalue weighted by molar-refractivity contribution is 5.95. The van der Waals surface area contributed by atoms with E-state index in [0.717, 1.165) is 33.5 Å². The van der Waals surface area contributed by atoms with Crippen molar-refractivity contribution in [2.75, 3.05) is 5.73 Å². The molecule has 0 bridgehead atoms. The van der Waals surface area contributed by atoms with Crippen LogP contribution in [0.15, 0.2) is 54.7 Å². The van der Waals surface area contributed by atoms with E-state index in [1.165, 1.54) is 0 Å². The van der Waals surface area contributed by atoms with Gasteiger partial charge >= 0.3 is 0 Å². The summed E-state index contributed by atoms with van der Waals surface area (Å²) in [5, 5.41) is 1.09. The SMILES string of the molecule is Cc1cccc2nc(-c3cccc4cccnc34)c(N)n12. The van der Waals surface area contributed by atoms with Gasteiger partial charge in [-0.1, -0.05) is 30.3 Å². The maximum absolute atomic E-state index is 6.34. The number of rotatable bonds is 1. The minimum Gasteiger partial charge on any atom is -0.383 e. The summed E-state index contributed by atoms with van der Waals surface area (Å²) in [6.45, 7) is 2.02. The number of anilines is 1. The van der Waals surface area contributed by atoms with E-state index in [1.54, 1.807) is 6.20 Å². The van der Waals surface area contributed by atoms with Gasteiger partial charge in [-0.2, -0.15) is 0 Å². The Morgan fingerprint density at radius 2 is 1.81 bits per heavy atom. The fourth-order valence-electron chi connectivity index (χ4n) is 2.78. The third-order valence-corrected chi connectivity index (χ3v) is 3.76. The van der Waals surface area contributed by atoms with Crippen molar-refractivity contribution in [3.8, 4) is 11.3 Å². The number of nitrogens with zero attached hydrogens (tertiary/aromatic N) is 3. The second-order valence-electron chi connectivity index (χ2n) is 5.09. The van der Waals surface area contributed by atoms with Gasteiger partial charge in [0.25, 0.3) is 0 Å². The zero-order valence-electron chi connectivity index (χ0n) is 11.6. The number of pyridine rings is 2. The molecular formula is C17H14N4. The van der Waals surface area contributed by atoms with Crippen LogP contribution in [-0.2, 0) is 0 Å². The lowest BCUT2D eigenvalue weighted by Crippen LogP contribution is -1.97. The zero-order valence-corrected chi connectivity index (χ0v) is 11.6. The summed E-state index contributed by atoms with van der Waals surface area (Å²) >= 11 is 0. The highest BCUT2D eigenvalue weighted by Crippen LogP contribution is 2.31. The van der Waals surface area contributed by atoms with Crippen LogP contribution < -0.4 is 5.73 Å². The number of aryl methyl sites for hydroxylation is 1. The van der Waals surface area contributed by atoms with Crippen LogP contribution in [0.2, 0.25) is 0 Å². The first-order chi connectivity index (χ1) is 10.3. The standard InChI is InChI=1S/C17H14N4/c1-11-5-2-9-14-20-16(17(18)21(11)14)13-8-3-6-12-7-4-10-19-15(12)13/h2-10H,18H2,1H3. The van der Waals surface area contributed by atoms with Gasteiger partial charge in [0.05, 0.1) is 5.52 Å². The van der Waals surface area contributed by atoms with Crippen molar-refractivity contribution in [1.29, 1.82) is 0 Å². The van der Waals surface area contributed by atoms with E-state index in [-0.39, 0.29) is 0 Å². The first kappa shape index (κ1) is 11.9. The van der Waals surface area contributed by atoms with Gasteiger partial charge in [-0.25, -0.2) is 4.98 Å². The highest BCUT2D eigenvalue weighted by Gasteiger charge is 2.15. The van der Waals surface area contributed by atoms with E-state index in [2.05, 4.69) is 4.98 Å². The Hall–Kier alpha value is -2.88. The number of nitrogens with two attached hydrogens (primary N) is 1. The van der Waals surface area contributed by atoms with E-state index < -0.39 is 0 Å². The lowest BCUT2D eigenvalue weighted by Gasteiger charge is -2.04. The Morgan fingerprint density at radius 3 is 2.67 bits per heavy atom. The molecular weight excluding hydrogens is 260 g/mol. The van der Waals surface area contributed by atoms with Gasteiger partial charge in [0, 0.05) is 22.8 Å². The first-order valence-electron chi connectivity index (χ1n) is 6.83. The molecule has 0 radical (unpaired) electrons. The van der Waals surface area contributed by atoms with Crippen LogP contribution in [-0.4, -0.2) is 14.4 Å². The van der Waals surface area contributed by atoms with Crippen LogP contribution in [0.4, 0.5) is 5.82 Å². The molecule has 102 valence electrons. The van der Waals surface area contributed by atoms with Gasteiger partial charge < -0.3 is 5.73 Å². The van der Waals surface area contributed by atoms with Crippen LogP contribution >= 0.6 is 0 Å². The average Bonchev–Trinajstić information content (AvgIpc) is 2.85. The maximum Gasteiger partial charge on any atom is 0.139 e. The summed E-state index contributed by atoms with van der Waals surface area (Å²) < 4.78 is 1.97. The fraction of sp³-hybridized carbons (Fsp3) is 0.0588. The zero-order chi connectivity index (χ0) is 14.4. The van der Waals surface area contributed by atoms with E-state index in [4.69, 9.17) is 10.7 Å². The van der Waals surface area contributed by atoms with Crippen LogP contribution in [0, 0.1) is 6.92 Å². The summed E-state index contributed by atoms with van der Waals surface area (Å²) in [6, 6.07) is 16.0. The Kier molecular flexibility index (Phi) is 2.44. The number of hydrogen-bond acceptors (Lipinski definition) is 3. The molecule has 0 saturated carbocycles. The van der Waals surface area contributed by atoms with Gasteiger partial charge in [-0.3, -0.25) is 9.38 Å². The maximum atomic E-state index is 6.34. The third kappa shape index (κ3) is 1.69. The minimum absolute atomic E-state index is 0.654. The molecule has 3 aromatic heterocycles.